The summed E-state index contributed by atoms with van der Waals surface area (Å²) in [6.07, 6.45) is 5.15. The molecule has 0 spiro atoms. The molecular formula is C18H16Li2S. The molecule has 2 aliphatic rings. The molecule has 0 N–H and O–H groups in total. The van der Waals surface area contributed by atoms with Crippen molar-refractivity contribution in [2.75, 3.05) is 0 Å². The van der Waals surface area contributed by atoms with Gasteiger partial charge in [-0.25, -0.2) is 11.8 Å². The summed E-state index contributed by atoms with van der Waals surface area (Å²) >= 11 is 1.94. The van der Waals surface area contributed by atoms with Gasteiger partial charge in [-0.3, -0.25) is 0 Å². The molecular weight excluding hydrogens is 262 g/mol. The van der Waals surface area contributed by atoms with Crippen LogP contribution in [0.15, 0.2) is 58.3 Å². The van der Waals surface area contributed by atoms with Crippen LogP contribution in [0.1, 0.15) is 36.8 Å². The molecule has 0 amide bonds. The van der Waals surface area contributed by atoms with Gasteiger partial charge in [0.1, 0.15) is 0 Å². The fourth-order valence-corrected chi connectivity index (χ4v) is 3.65. The van der Waals surface area contributed by atoms with Gasteiger partial charge in [-0.05, 0) is 0 Å². The molecule has 2 aromatic rings. The first-order chi connectivity index (χ1) is 9.42. The molecule has 0 heterocycles. The van der Waals surface area contributed by atoms with Crippen molar-refractivity contribution in [1.29, 1.82) is 0 Å². The molecule has 2 aromatic carbocycles. The summed E-state index contributed by atoms with van der Waals surface area (Å²) in [7, 11) is 0. The van der Waals surface area contributed by atoms with E-state index >= 15 is 0 Å². The van der Waals surface area contributed by atoms with Gasteiger partial charge in [0.25, 0.3) is 0 Å². The molecule has 2 saturated carbocycles. The molecule has 4 rings (SSSR count). The minimum Gasteiger partial charge on any atom is -0.228 e. The largest absolute Gasteiger partial charge is 1.00 e. The third kappa shape index (κ3) is 3.93. The molecule has 0 atom stereocenters. The second-order valence-corrected chi connectivity index (χ2v) is 6.39. The third-order valence-corrected chi connectivity index (χ3v) is 4.91. The van der Waals surface area contributed by atoms with Crippen LogP contribution in [0.5, 0.6) is 0 Å². The molecule has 0 nitrogen and oxygen atoms in total. The van der Waals surface area contributed by atoms with E-state index in [0.717, 1.165) is 0 Å². The van der Waals surface area contributed by atoms with Gasteiger partial charge in [0.2, 0.25) is 0 Å². The molecule has 0 aliphatic heterocycles. The van der Waals surface area contributed by atoms with Crippen LogP contribution in [-0.2, 0) is 0 Å². The number of rotatable bonds is 4. The van der Waals surface area contributed by atoms with Crippen molar-refractivity contribution in [3.8, 4) is 0 Å². The zero-order chi connectivity index (χ0) is 12.7. The van der Waals surface area contributed by atoms with Gasteiger partial charge in [0, 0.05) is 0 Å². The molecule has 0 bridgehead atoms. The molecule has 0 saturated heterocycles. The molecule has 0 aromatic heterocycles. The second kappa shape index (κ2) is 7.33. The molecule has 2 fully saturated rings. The van der Waals surface area contributed by atoms with Gasteiger partial charge in [-0.2, -0.15) is 35.1 Å². The van der Waals surface area contributed by atoms with E-state index in [1.807, 2.05) is 11.8 Å². The Kier molecular flexibility index (Phi) is 5.96. The number of benzene rings is 2. The maximum Gasteiger partial charge on any atom is 1.00 e. The maximum atomic E-state index is 2.28. The summed E-state index contributed by atoms with van der Waals surface area (Å²) in [5, 5.41) is 0. The van der Waals surface area contributed by atoms with Crippen LogP contribution in [0.25, 0.3) is 0 Å². The summed E-state index contributed by atoms with van der Waals surface area (Å²) in [4.78, 5) is 2.84. The SMILES string of the molecule is [Li+].[Li+].c1ccc([C-]2CC2)c(Sc2ccccc2[C-]2CC2)c1. The minimum absolute atomic E-state index is 0. The van der Waals surface area contributed by atoms with E-state index in [9.17, 15) is 0 Å². The minimum atomic E-state index is 0. The quantitative estimate of drug-likeness (QED) is 0.525. The predicted octanol–water partition coefficient (Wildman–Crippen LogP) is -0.721. The normalized spacial score (nSPS) is 15.0. The van der Waals surface area contributed by atoms with Gasteiger partial charge in [-0.15, -0.1) is 34.1 Å². The van der Waals surface area contributed by atoms with Gasteiger partial charge in [0.05, 0.1) is 0 Å². The van der Waals surface area contributed by atoms with Crippen LogP contribution < -0.4 is 37.7 Å². The van der Waals surface area contributed by atoms with Crippen molar-refractivity contribution in [2.45, 2.75) is 35.5 Å². The Labute approximate surface area is 155 Å². The van der Waals surface area contributed by atoms with Crippen LogP contribution in [0.3, 0.4) is 0 Å². The Balaban J connectivity index is 0.000000807. The third-order valence-electron chi connectivity index (χ3n) is 3.76. The van der Waals surface area contributed by atoms with E-state index in [1.54, 1.807) is 11.8 Å². The fraction of sp³-hybridized carbons (Fsp3) is 0.222. The van der Waals surface area contributed by atoms with Crippen molar-refractivity contribution in [2.24, 2.45) is 0 Å². The Morgan fingerprint density at radius 2 is 1.00 bits per heavy atom. The molecule has 3 heteroatoms. The summed E-state index contributed by atoms with van der Waals surface area (Å²) in [5.74, 6) is 3.25. The Morgan fingerprint density at radius 1 is 0.619 bits per heavy atom. The second-order valence-electron chi connectivity index (χ2n) is 5.30. The van der Waals surface area contributed by atoms with Crippen LogP contribution in [0.4, 0.5) is 0 Å². The smallest absolute Gasteiger partial charge is 0.228 e. The van der Waals surface area contributed by atoms with Crippen LogP contribution in [0, 0.1) is 11.8 Å². The molecule has 2 aliphatic carbocycles. The van der Waals surface area contributed by atoms with E-state index in [1.165, 1.54) is 46.6 Å². The van der Waals surface area contributed by atoms with E-state index in [-0.39, 0.29) is 37.7 Å². The Morgan fingerprint density at radius 3 is 1.38 bits per heavy atom. The van der Waals surface area contributed by atoms with Crippen molar-refractivity contribution in [3.63, 3.8) is 0 Å². The zero-order valence-electron chi connectivity index (χ0n) is 12.9. The van der Waals surface area contributed by atoms with Crippen LogP contribution in [-0.4, -0.2) is 0 Å². The molecule has 0 unspecified atom stereocenters. The van der Waals surface area contributed by atoms with E-state index < -0.39 is 0 Å². The van der Waals surface area contributed by atoms with Gasteiger partial charge >= 0.3 is 37.7 Å². The summed E-state index contributed by atoms with van der Waals surface area (Å²) in [6, 6.07) is 17.7. The summed E-state index contributed by atoms with van der Waals surface area (Å²) in [6.45, 7) is 0. The predicted molar refractivity (Wildman–Crippen MR) is 80.2 cm³/mol. The first-order valence-corrected chi connectivity index (χ1v) is 7.79. The van der Waals surface area contributed by atoms with Crippen LogP contribution >= 0.6 is 11.8 Å². The average molecular weight is 278 g/mol. The van der Waals surface area contributed by atoms with E-state index in [4.69, 9.17) is 0 Å². The maximum absolute atomic E-state index is 2.28. The summed E-state index contributed by atoms with van der Waals surface area (Å²) in [5.41, 5.74) is 2.95. The van der Waals surface area contributed by atoms with Gasteiger partial charge < -0.3 is 0 Å². The number of hydrogen-bond donors (Lipinski definition) is 0. The standard InChI is InChI=1S/C18H16S.2Li/c1-3-7-17(15(5-1)13-9-10-13)19-18-8-4-2-6-16(18)14-11-12-14;;/h1-8H,9-12H2;;/q-2;2*+1. The summed E-state index contributed by atoms with van der Waals surface area (Å²) < 4.78 is 0. The van der Waals surface area contributed by atoms with Crippen molar-refractivity contribution >= 4 is 11.8 Å². The van der Waals surface area contributed by atoms with E-state index in [2.05, 4.69) is 48.5 Å². The average Bonchev–Trinajstić information content (AvgIpc) is 3.31. The molecule has 21 heavy (non-hydrogen) atoms. The van der Waals surface area contributed by atoms with Crippen molar-refractivity contribution in [1.82, 2.24) is 0 Å². The Hall–Kier alpha value is -0.275. The van der Waals surface area contributed by atoms with Crippen molar-refractivity contribution in [3.05, 3.63) is 71.5 Å². The number of hydrogen-bond acceptors (Lipinski definition) is 1. The van der Waals surface area contributed by atoms with Crippen molar-refractivity contribution < 1.29 is 37.7 Å². The molecule has 0 radical (unpaired) electrons. The zero-order valence-corrected chi connectivity index (χ0v) is 13.7. The van der Waals surface area contributed by atoms with Gasteiger partial charge in [-0.1, -0.05) is 37.8 Å². The molecule has 96 valence electrons. The topological polar surface area (TPSA) is 0 Å². The monoisotopic (exact) mass is 278 g/mol. The first-order valence-electron chi connectivity index (χ1n) is 6.98. The van der Waals surface area contributed by atoms with Gasteiger partial charge in [0.15, 0.2) is 0 Å². The fourth-order valence-electron chi connectivity index (χ4n) is 2.48. The van der Waals surface area contributed by atoms with E-state index in [0.29, 0.717) is 0 Å². The van der Waals surface area contributed by atoms with Crippen LogP contribution in [0.2, 0.25) is 0 Å². The Bertz CT molecular complexity index is 550. The first kappa shape index (κ1) is 17.1.